The van der Waals surface area contributed by atoms with Crippen molar-refractivity contribution in [3.05, 3.63) is 82.9 Å². The van der Waals surface area contributed by atoms with Crippen molar-refractivity contribution in [3.63, 3.8) is 0 Å². The highest BCUT2D eigenvalue weighted by molar-refractivity contribution is 6.18. The maximum Gasteiger partial charge on any atom is 0.249 e. The third kappa shape index (κ3) is 3.55. The van der Waals surface area contributed by atoms with Crippen LogP contribution >= 0.6 is 0 Å². The summed E-state index contributed by atoms with van der Waals surface area (Å²) < 4.78 is 2.20. The zero-order chi connectivity index (χ0) is 21.1. The van der Waals surface area contributed by atoms with Crippen LogP contribution in [0, 0.1) is 11.3 Å². The maximum atomic E-state index is 12.1. The van der Waals surface area contributed by atoms with Crippen molar-refractivity contribution >= 4 is 27.7 Å². The first-order valence-corrected chi connectivity index (χ1v) is 10.5. The topological polar surface area (TPSA) is 71.8 Å². The first-order valence-electron chi connectivity index (χ1n) is 10.5. The molecule has 3 aromatic carbocycles. The highest BCUT2D eigenvalue weighted by Gasteiger charge is 2.17. The molecule has 4 nitrogen and oxygen atoms in total. The summed E-state index contributed by atoms with van der Waals surface area (Å²) in [5, 5.41) is 11.4. The van der Waals surface area contributed by atoms with E-state index >= 15 is 0 Å². The van der Waals surface area contributed by atoms with E-state index in [0.29, 0.717) is 17.7 Å². The molecule has 0 aliphatic carbocycles. The molecule has 0 fully saturated rings. The Balaban J connectivity index is 1.95. The Morgan fingerprint density at radius 3 is 2.63 bits per heavy atom. The first kappa shape index (κ1) is 19.7. The Labute approximate surface area is 176 Å². The standard InChI is InChI=1S/C26H25N3O/c1-2-3-4-8-18-13-14-21-24(15-18)29(17-20-10-6-5-9-19(20)16-27)23-12-7-11-22(25(21)23)26(28)30/h5-7,9-15H,2-4,8,17H2,1H3,(H2,28,30). The first-order chi connectivity index (χ1) is 14.6. The molecule has 0 aliphatic heterocycles. The molecule has 2 N–H and O–H groups in total. The molecule has 4 heteroatoms. The number of aromatic nitrogens is 1. The molecular formula is C26H25N3O. The van der Waals surface area contributed by atoms with Gasteiger partial charge in [0.15, 0.2) is 0 Å². The van der Waals surface area contributed by atoms with Crippen LogP contribution in [0.4, 0.5) is 0 Å². The van der Waals surface area contributed by atoms with Crippen molar-refractivity contribution in [2.45, 2.75) is 39.2 Å². The quantitative estimate of drug-likeness (QED) is 0.417. The summed E-state index contributed by atoms with van der Waals surface area (Å²) in [6.07, 6.45) is 4.59. The molecule has 1 heterocycles. The lowest BCUT2D eigenvalue weighted by Crippen LogP contribution is -2.11. The Morgan fingerprint density at radius 1 is 1.03 bits per heavy atom. The molecule has 0 unspecified atom stereocenters. The van der Waals surface area contributed by atoms with Crippen molar-refractivity contribution in [1.29, 1.82) is 5.26 Å². The molecule has 1 aromatic heterocycles. The number of primary amides is 1. The summed E-state index contributed by atoms with van der Waals surface area (Å²) >= 11 is 0. The summed E-state index contributed by atoms with van der Waals surface area (Å²) in [6.45, 7) is 2.77. The van der Waals surface area contributed by atoms with E-state index in [2.05, 4.69) is 35.8 Å². The van der Waals surface area contributed by atoms with Crippen LogP contribution in [0.1, 0.15) is 53.2 Å². The third-order valence-electron chi connectivity index (χ3n) is 5.76. The number of fused-ring (bicyclic) bond motifs is 3. The smallest absolute Gasteiger partial charge is 0.249 e. The number of nitrogens with two attached hydrogens (primary N) is 1. The van der Waals surface area contributed by atoms with E-state index in [1.807, 2.05) is 36.4 Å². The van der Waals surface area contributed by atoms with E-state index in [-0.39, 0.29) is 0 Å². The van der Waals surface area contributed by atoms with Gasteiger partial charge in [-0.15, -0.1) is 0 Å². The molecular weight excluding hydrogens is 370 g/mol. The number of carbonyl (C=O) groups excluding carboxylic acids is 1. The van der Waals surface area contributed by atoms with Gasteiger partial charge in [0.1, 0.15) is 0 Å². The molecule has 150 valence electrons. The summed E-state index contributed by atoms with van der Waals surface area (Å²) in [4.78, 5) is 12.1. The summed E-state index contributed by atoms with van der Waals surface area (Å²) in [5.41, 5.74) is 11.2. The molecule has 0 saturated heterocycles. The van der Waals surface area contributed by atoms with Crippen LogP contribution in [-0.4, -0.2) is 10.5 Å². The lowest BCUT2D eigenvalue weighted by atomic mass is 10.0. The molecule has 0 radical (unpaired) electrons. The van der Waals surface area contributed by atoms with E-state index in [1.165, 1.54) is 18.4 Å². The molecule has 1 amide bonds. The fraction of sp³-hybridized carbons (Fsp3) is 0.231. The van der Waals surface area contributed by atoms with Gasteiger partial charge in [-0.1, -0.05) is 56.2 Å². The second-order valence-electron chi connectivity index (χ2n) is 7.73. The van der Waals surface area contributed by atoms with Gasteiger partial charge in [-0.25, -0.2) is 0 Å². The molecule has 0 spiro atoms. The largest absolute Gasteiger partial charge is 0.366 e. The number of hydrogen-bond acceptors (Lipinski definition) is 2. The average molecular weight is 396 g/mol. The second kappa shape index (κ2) is 8.42. The van der Waals surface area contributed by atoms with Crippen LogP contribution in [0.3, 0.4) is 0 Å². The van der Waals surface area contributed by atoms with Gasteiger partial charge in [0, 0.05) is 28.4 Å². The Kier molecular flexibility index (Phi) is 5.54. The van der Waals surface area contributed by atoms with Gasteiger partial charge in [-0.3, -0.25) is 4.79 Å². The SMILES string of the molecule is CCCCCc1ccc2c3c(C(N)=O)cccc3n(Cc3ccccc3C#N)c2c1. The molecule has 0 atom stereocenters. The Morgan fingerprint density at radius 2 is 1.87 bits per heavy atom. The predicted molar refractivity (Wildman–Crippen MR) is 121 cm³/mol. The lowest BCUT2D eigenvalue weighted by molar-refractivity contribution is 0.100. The summed E-state index contributed by atoms with van der Waals surface area (Å²) in [5.74, 6) is -0.427. The van der Waals surface area contributed by atoms with Crippen molar-refractivity contribution in [2.75, 3.05) is 0 Å². The molecule has 0 bridgehead atoms. The van der Waals surface area contributed by atoms with E-state index in [1.54, 1.807) is 6.07 Å². The number of benzene rings is 3. The second-order valence-corrected chi connectivity index (χ2v) is 7.73. The minimum absolute atomic E-state index is 0.427. The van der Waals surface area contributed by atoms with Crippen molar-refractivity contribution in [1.82, 2.24) is 4.57 Å². The number of unbranched alkanes of at least 4 members (excludes halogenated alkanes) is 2. The van der Waals surface area contributed by atoms with E-state index in [9.17, 15) is 10.1 Å². The number of hydrogen-bond donors (Lipinski definition) is 1. The van der Waals surface area contributed by atoms with Crippen LogP contribution in [0.2, 0.25) is 0 Å². The minimum atomic E-state index is -0.427. The van der Waals surface area contributed by atoms with Crippen LogP contribution in [0.5, 0.6) is 0 Å². The van der Waals surface area contributed by atoms with Crippen LogP contribution in [0.25, 0.3) is 21.8 Å². The average Bonchev–Trinajstić information content (AvgIpc) is 3.07. The highest BCUT2D eigenvalue weighted by Crippen LogP contribution is 2.33. The van der Waals surface area contributed by atoms with Crippen LogP contribution < -0.4 is 5.73 Å². The maximum absolute atomic E-state index is 12.1. The van der Waals surface area contributed by atoms with Gasteiger partial charge >= 0.3 is 0 Å². The van der Waals surface area contributed by atoms with Gasteiger partial charge in [0.25, 0.3) is 0 Å². The molecule has 4 rings (SSSR count). The number of carbonyl (C=O) groups is 1. The Bertz CT molecular complexity index is 1280. The van der Waals surface area contributed by atoms with Gasteiger partial charge < -0.3 is 10.3 Å². The summed E-state index contributed by atoms with van der Waals surface area (Å²) in [6, 6.07) is 22.1. The van der Waals surface area contributed by atoms with E-state index in [0.717, 1.165) is 40.2 Å². The van der Waals surface area contributed by atoms with Crippen LogP contribution in [-0.2, 0) is 13.0 Å². The van der Waals surface area contributed by atoms with Crippen molar-refractivity contribution in [2.24, 2.45) is 5.73 Å². The highest BCUT2D eigenvalue weighted by atomic mass is 16.1. The fourth-order valence-corrected chi connectivity index (χ4v) is 4.24. The molecule has 0 aliphatic rings. The minimum Gasteiger partial charge on any atom is -0.366 e. The monoisotopic (exact) mass is 395 g/mol. The summed E-state index contributed by atoms with van der Waals surface area (Å²) in [7, 11) is 0. The normalized spacial score (nSPS) is 11.1. The number of nitriles is 1. The molecule has 4 aromatic rings. The van der Waals surface area contributed by atoms with Crippen molar-refractivity contribution < 1.29 is 4.79 Å². The van der Waals surface area contributed by atoms with Crippen LogP contribution in [0.15, 0.2) is 60.7 Å². The van der Waals surface area contributed by atoms with Gasteiger partial charge in [-0.2, -0.15) is 5.26 Å². The van der Waals surface area contributed by atoms with E-state index in [4.69, 9.17) is 5.73 Å². The predicted octanol–water partition coefficient (Wildman–Crippen LogP) is 5.55. The van der Waals surface area contributed by atoms with E-state index < -0.39 is 5.91 Å². The molecule has 30 heavy (non-hydrogen) atoms. The fourth-order valence-electron chi connectivity index (χ4n) is 4.24. The van der Waals surface area contributed by atoms with Gasteiger partial charge in [-0.05, 0) is 48.2 Å². The number of nitrogens with zero attached hydrogens (tertiary/aromatic N) is 2. The van der Waals surface area contributed by atoms with Gasteiger partial charge in [0.05, 0.1) is 17.1 Å². The zero-order valence-corrected chi connectivity index (χ0v) is 17.2. The molecule has 0 saturated carbocycles. The Hall–Kier alpha value is -3.58. The number of aryl methyl sites for hydroxylation is 1. The van der Waals surface area contributed by atoms with Gasteiger partial charge in [0.2, 0.25) is 5.91 Å². The third-order valence-corrected chi connectivity index (χ3v) is 5.76. The number of rotatable bonds is 7. The van der Waals surface area contributed by atoms with Crippen molar-refractivity contribution in [3.8, 4) is 6.07 Å². The zero-order valence-electron chi connectivity index (χ0n) is 17.2. The number of amides is 1. The lowest BCUT2D eigenvalue weighted by Gasteiger charge is -2.10.